The second-order valence-corrected chi connectivity index (χ2v) is 9.67. The smallest absolute Gasteiger partial charge is 0.264 e. The number of benzene rings is 3. The first-order valence-electron chi connectivity index (χ1n) is 9.54. The summed E-state index contributed by atoms with van der Waals surface area (Å²) in [7, 11) is -4.08. The monoisotopic (exact) mass is 458 g/mol. The van der Waals surface area contributed by atoms with Crippen molar-refractivity contribution in [2.75, 3.05) is 17.1 Å². The molecule has 0 unspecified atom stereocenters. The number of carbonyl (C=O) groups is 1. The molecule has 3 aromatic rings. The van der Waals surface area contributed by atoms with Crippen LogP contribution < -0.4 is 9.62 Å². The van der Waals surface area contributed by atoms with E-state index in [0.717, 1.165) is 26.4 Å². The zero-order valence-corrected chi connectivity index (χ0v) is 18.8. The molecule has 0 spiro atoms. The zero-order valence-electron chi connectivity index (χ0n) is 17.2. The molecule has 0 radical (unpaired) electrons. The highest BCUT2D eigenvalue weighted by Crippen LogP contribution is 2.26. The number of sulfonamides is 1. The van der Waals surface area contributed by atoms with Crippen LogP contribution >= 0.6 is 11.8 Å². The van der Waals surface area contributed by atoms with Crippen molar-refractivity contribution in [3.05, 3.63) is 89.7 Å². The summed E-state index contributed by atoms with van der Waals surface area (Å²) in [6, 6.07) is 19.2. The fraction of sp³-hybridized carbons (Fsp3) is 0.174. The largest absolute Gasteiger partial charge is 0.350 e. The molecule has 5 nitrogen and oxygen atoms in total. The Morgan fingerprint density at radius 1 is 1.03 bits per heavy atom. The summed E-state index contributed by atoms with van der Waals surface area (Å²) >= 11 is 1.49. The third-order valence-corrected chi connectivity index (χ3v) is 7.17. The Labute approximate surface area is 186 Å². The molecule has 0 atom stereocenters. The summed E-state index contributed by atoms with van der Waals surface area (Å²) in [5.41, 5.74) is 2.08. The van der Waals surface area contributed by atoms with Crippen molar-refractivity contribution in [1.29, 1.82) is 0 Å². The van der Waals surface area contributed by atoms with E-state index in [9.17, 15) is 17.6 Å². The molecule has 1 N–H and O–H groups in total. The van der Waals surface area contributed by atoms with Crippen LogP contribution in [0.2, 0.25) is 0 Å². The van der Waals surface area contributed by atoms with Crippen LogP contribution in [0.15, 0.2) is 82.6 Å². The van der Waals surface area contributed by atoms with Crippen LogP contribution in [0.5, 0.6) is 0 Å². The summed E-state index contributed by atoms with van der Waals surface area (Å²) in [6.07, 6.45) is 1.89. The fourth-order valence-electron chi connectivity index (χ4n) is 2.91. The minimum atomic E-state index is -4.08. The molecule has 31 heavy (non-hydrogen) atoms. The Morgan fingerprint density at radius 3 is 2.32 bits per heavy atom. The van der Waals surface area contributed by atoms with Gasteiger partial charge in [-0.15, -0.1) is 11.8 Å². The van der Waals surface area contributed by atoms with Crippen LogP contribution in [0.3, 0.4) is 0 Å². The average molecular weight is 459 g/mol. The number of nitrogens with one attached hydrogen (secondary N) is 1. The number of halogens is 1. The van der Waals surface area contributed by atoms with E-state index in [0.29, 0.717) is 0 Å². The zero-order chi connectivity index (χ0) is 22.4. The lowest BCUT2D eigenvalue weighted by molar-refractivity contribution is -0.119. The van der Waals surface area contributed by atoms with Crippen LogP contribution in [0, 0.1) is 12.7 Å². The van der Waals surface area contributed by atoms with E-state index in [1.165, 1.54) is 42.1 Å². The fourth-order valence-corrected chi connectivity index (χ4v) is 4.74. The van der Waals surface area contributed by atoms with Crippen LogP contribution in [-0.4, -0.2) is 27.1 Å². The van der Waals surface area contributed by atoms with Gasteiger partial charge in [-0.1, -0.05) is 35.9 Å². The Morgan fingerprint density at radius 2 is 1.71 bits per heavy atom. The van der Waals surface area contributed by atoms with Crippen molar-refractivity contribution in [3.63, 3.8) is 0 Å². The highest BCUT2D eigenvalue weighted by Gasteiger charge is 2.27. The van der Waals surface area contributed by atoms with Crippen molar-refractivity contribution in [2.45, 2.75) is 23.3 Å². The van der Waals surface area contributed by atoms with Gasteiger partial charge in [0.15, 0.2) is 0 Å². The lowest BCUT2D eigenvalue weighted by atomic mass is 10.1. The molecule has 1 amide bonds. The molecule has 0 aliphatic carbocycles. The Bertz CT molecular complexity index is 1150. The summed E-state index contributed by atoms with van der Waals surface area (Å²) in [5, 5.41) is 2.73. The van der Waals surface area contributed by atoms with Crippen molar-refractivity contribution in [2.24, 2.45) is 0 Å². The van der Waals surface area contributed by atoms with Gasteiger partial charge in [-0.2, -0.15) is 0 Å². The Hall–Kier alpha value is -2.84. The van der Waals surface area contributed by atoms with E-state index < -0.39 is 28.3 Å². The Balaban J connectivity index is 1.85. The van der Waals surface area contributed by atoms with Gasteiger partial charge < -0.3 is 5.32 Å². The van der Waals surface area contributed by atoms with Gasteiger partial charge in [0, 0.05) is 11.4 Å². The first-order valence-corrected chi connectivity index (χ1v) is 12.2. The van der Waals surface area contributed by atoms with Crippen LogP contribution in [0.1, 0.15) is 11.1 Å². The minimum absolute atomic E-state index is 0.0286. The molecule has 0 saturated heterocycles. The molecular weight excluding hydrogens is 435 g/mol. The second kappa shape index (κ2) is 9.98. The maximum atomic E-state index is 13.8. The lowest BCUT2D eigenvalue weighted by Crippen LogP contribution is -2.40. The first-order chi connectivity index (χ1) is 14.8. The number of hydrogen-bond acceptors (Lipinski definition) is 4. The van der Waals surface area contributed by atoms with E-state index in [-0.39, 0.29) is 17.1 Å². The molecule has 0 aliphatic rings. The molecule has 8 heteroatoms. The summed E-state index contributed by atoms with van der Waals surface area (Å²) < 4.78 is 41.4. The number of amides is 1. The predicted octanol–water partition coefficient (Wildman–Crippen LogP) is 4.37. The van der Waals surface area contributed by atoms with Gasteiger partial charge in [0.2, 0.25) is 5.91 Å². The van der Waals surface area contributed by atoms with E-state index in [4.69, 9.17) is 0 Å². The molecule has 0 aliphatic heterocycles. The quantitative estimate of drug-likeness (QED) is 0.509. The first kappa shape index (κ1) is 22.8. The number of carbonyl (C=O) groups excluding carboxylic acids is 1. The Kier molecular flexibility index (Phi) is 7.35. The molecule has 3 rings (SSSR count). The maximum Gasteiger partial charge on any atom is 0.264 e. The third kappa shape index (κ3) is 5.86. The molecule has 0 fully saturated rings. The topological polar surface area (TPSA) is 66.5 Å². The van der Waals surface area contributed by atoms with Crippen molar-refractivity contribution >= 4 is 33.4 Å². The highest BCUT2D eigenvalue weighted by molar-refractivity contribution is 7.98. The van der Waals surface area contributed by atoms with E-state index >= 15 is 0 Å². The van der Waals surface area contributed by atoms with Crippen LogP contribution in [0.25, 0.3) is 0 Å². The van der Waals surface area contributed by atoms with Gasteiger partial charge in [-0.3, -0.25) is 9.10 Å². The molecule has 0 bridgehead atoms. The van der Waals surface area contributed by atoms with E-state index in [2.05, 4.69) is 5.32 Å². The van der Waals surface area contributed by atoms with Gasteiger partial charge in [0.05, 0.1) is 10.6 Å². The van der Waals surface area contributed by atoms with Crippen molar-refractivity contribution < 1.29 is 17.6 Å². The normalized spacial score (nSPS) is 11.2. The molecule has 0 saturated carbocycles. The number of hydrogen-bond donors (Lipinski definition) is 1. The van der Waals surface area contributed by atoms with Gasteiger partial charge in [0.25, 0.3) is 10.0 Å². The average Bonchev–Trinajstić information content (AvgIpc) is 2.77. The highest BCUT2D eigenvalue weighted by atomic mass is 32.2. The molecular formula is C23H23FN2O3S2. The SMILES string of the molecule is CSc1ccc(S(=O)(=O)N(CC(=O)NCc2ccc(C)cc2)c2cccc(F)c2)cc1. The van der Waals surface area contributed by atoms with Crippen molar-refractivity contribution in [1.82, 2.24) is 5.32 Å². The van der Waals surface area contributed by atoms with Crippen molar-refractivity contribution in [3.8, 4) is 0 Å². The number of anilines is 1. The molecule has 0 heterocycles. The number of thioether (sulfide) groups is 1. The third-order valence-electron chi connectivity index (χ3n) is 4.64. The van der Waals surface area contributed by atoms with Gasteiger partial charge >= 0.3 is 0 Å². The predicted molar refractivity (Wildman–Crippen MR) is 122 cm³/mol. The van der Waals surface area contributed by atoms with Gasteiger partial charge in [0.1, 0.15) is 12.4 Å². The number of nitrogens with zero attached hydrogens (tertiary/aromatic N) is 1. The van der Waals surface area contributed by atoms with E-state index in [1.54, 1.807) is 12.1 Å². The maximum absolute atomic E-state index is 13.8. The lowest BCUT2D eigenvalue weighted by Gasteiger charge is -2.24. The number of aryl methyl sites for hydroxylation is 1. The molecule has 3 aromatic carbocycles. The summed E-state index contributed by atoms with van der Waals surface area (Å²) in [4.78, 5) is 13.6. The summed E-state index contributed by atoms with van der Waals surface area (Å²) in [5.74, 6) is -1.08. The molecule has 0 aromatic heterocycles. The van der Waals surface area contributed by atoms with Crippen LogP contribution in [0.4, 0.5) is 10.1 Å². The summed E-state index contributed by atoms with van der Waals surface area (Å²) in [6.45, 7) is 1.76. The standard InChI is InChI=1S/C23H23FN2O3S2/c1-17-6-8-18(9-7-17)15-25-23(27)16-26(20-5-3-4-19(24)14-20)31(28,29)22-12-10-21(30-2)11-13-22/h3-14H,15-16H2,1-2H3,(H,25,27). The second-order valence-electron chi connectivity index (χ2n) is 6.93. The van der Waals surface area contributed by atoms with Gasteiger partial charge in [-0.25, -0.2) is 12.8 Å². The van der Waals surface area contributed by atoms with E-state index in [1.807, 2.05) is 37.4 Å². The number of rotatable bonds is 8. The minimum Gasteiger partial charge on any atom is -0.350 e. The van der Waals surface area contributed by atoms with Gasteiger partial charge in [-0.05, 0) is 61.2 Å². The van der Waals surface area contributed by atoms with Crippen LogP contribution in [-0.2, 0) is 21.4 Å². The molecule has 162 valence electrons.